The van der Waals surface area contributed by atoms with Crippen LogP contribution in [0.15, 0.2) is 23.3 Å². The molecule has 3 heterocycles. The monoisotopic (exact) mass is 414 g/mol. The third-order valence-corrected chi connectivity index (χ3v) is 8.63. The SMILES string of the molecule is CC1(CC2CCN(C(=O)c3ccc[nH]3)CC2)SC(N[C@H]2C[C@@H]3CC[C@H]2C3)=NC1=O. The fraction of sp³-hybridized carbons (Fsp3) is 0.682. The second-order valence-electron chi connectivity index (χ2n) is 9.50. The molecule has 2 amide bonds. The van der Waals surface area contributed by atoms with E-state index < -0.39 is 4.75 Å². The highest BCUT2D eigenvalue weighted by atomic mass is 32.2. The Kier molecular flexibility index (Phi) is 4.96. The quantitative estimate of drug-likeness (QED) is 0.791. The Morgan fingerprint density at radius 1 is 1.31 bits per heavy atom. The number of aromatic amines is 1. The van der Waals surface area contributed by atoms with E-state index in [0.29, 0.717) is 17.7 Å². The van der Waals surface area contributed by atoms with Crippen molar-refractivity contribution in [3.63, 3.8) is 0 Å². The molecule has 2 aliphatic carbocycles. The maximum atomic E-state index is 12.7. The van der Waals surface area contributed by atoms with Gasteiger partial charge in [0.2, 0.25) is 0 Å². The van der Waals surface area contributed by atoms with Gasteiger partial charge in [-0.3, -0.25) is 9.59 Å². The molecule has 1 saturated heterocycles. The fourth-order valence-electron chi connectivity index (χ4n) is 5.79. The Balaban J connectivity index is 1.13. The van der Waals surface area contributed by atoms with E-state index in [2.05, 4.69) is 22.2 Å². The van der Waals surface area contributed by atoms with Gasteiger partial charge in [0.15, 0.2) is 5.17 Å². The van der Waals surface area contributed by atoms with Crippen LogP contribution in [0, 0.1) is 17.8 Å². The van der Waals surface area contributed by atoms with Gasteiger partial charge in [-0.2, -0.15) is 4.99 Å². The van der Waals surface area contributed by atoms with Crippen molar-refractivity contribution >= 4 is 28.7 Å². The third-order valence-electron chi connectivity index (χ3n) is 7.43. The Labute approximate surface area is 176 Å². The molecule has 6 nitrogen and oxygen atoms in total. The van der Waals surface area contributed by atoms with Crippen molar-refractivity contribution in [2.24, 2.45) is 22.7 Å². The molecule has 2 aliphatic heterocycles. The number of piperidine rings is 1. The van der Waals surface area contributed by atoms with Crippen LogP contribution in [0.2, 0.25) is 0 Å². The van der Waals surface area contributed by atoms with Gasteiger partial charge in [0.05, 0.1) is 0 Å². The third kappa shape index (κ3) is 3.74. The van der Waals surface area contributed by atoms with Gasteiger partial charge in [-0.25, -0.2) is 0 Å². The first-order valence-corrected chi connectivity index (χ1v) is 11.8. The van der Waals surface area contributed by atoms with Gasteiger partial charge < -0.3 is 15.2 Å². The van der Waals surface area contributed by atoms with Crippen molar-refractivity contribution in [2.75, 3.05) is 13.1 Å². The predicted molar refractivity (Wildman–Crippen MR) is 115 cm³/mol. The lowest BCUT2D eigenvalue weighted by Crippen LogP contribution is -2.41. The summed E-state index contributed by atoms with van der Waals surface area (Å²) < 4.78 is -0.462. The number of thioether (sulfide) groups is 1. The number of amidine groups is 1. The van der Waals surface area contributed by atoms with Gasteiger partial charge in [0, 0.05) is 25.3 Å². The van der Waals surface area contributed by atoms with Gasteiger partial charge in [0.1, 0.15) is 10.4 Å². The Hall–Kier alpha value is -1.76. The zero-order valence-electron chi connectivity index (χ0n) is 17.0. The first-order valence-electron chi connectivity index (χ1n) is 11.0. The predicted octanol–water partition coefficient (Wildman–Crippen LogP) is 3.42. The highest BCUT2D eigenvalue weighted by Gasteiger charge is 2.46. The minimum atomic E-state index is -0.462. The number of aromatic nitrogens is 1. The molecule has 4 atom stereocenters. The smallest absolute Gasteiger partial charge is 0.270 e. The van der Waals surface area contributed by atoms with E-state index in [1.165, 1.54) is 25.7 Å². The zero-order chi connectivity index (χ0) is 20.0. The lowest BCUT2D eigenvalue weighted by Gasteiger charge is -2.34. The van der Waals surface area contributed by atoms with Crippen LogP contribution < -0.4 is 5.32 Å². The van der Waals surface area contributed by atoms with Crippen molar-refractivity contribution < 1.29 is 9.59 Å². The molecule has 1 aromatic heterocycles. The standard InChI is InChI=1S/C22H30N4O2S/c1-22(13-14-6-9-26(10-7-14)19(27)17-3-2-8-23-17)20(28)25-21(29-22)24-18-12-15-4-5-16(18)11-15/h2-3,8,14-16,18,23H,4-7,9-13H2,1H3,(H,24,25,28)/t15-,16+,18+,22?/m1/s1. The van der Waals surface area contributed by atoms with Crippen molar-refractivity contribution in [2.45, 2.75) is 62.7 Å². The summed E-state index contributed by atoms with van der Waals surface area (Å²) in [5.41, 5.74) is 0.654. The number of hydrogen-bond acceptors (Lipinski definition) is 4. The van der Waals surface area contributed by atoms with Crippen LogP contribution in [0.5, 0.6) is 0 Å². The minimum absolute atomic E-state index is 0.0121. The Morgan fingerprint density at radius 3 is 2.79 bits per heavy atom. The van der Waals surface area contributed by atoms with Crippen molar-refractivity contribution in [1.29, 1.82) is 0 Å². The van der Waals surface area contributed by atoms with Crippen LogP contribution in [0.1, 0.15) is 62.4 Å². The molecule has 156 valence electrons. The fourth-order valence-corrected chi connectivity index (χ4v) is 7.00. The van der Waals surface area contributed by atoms with E-state index in [4.69, 9.17) is 0 Å². The van der Waals surface area contributed by atoms with Gasteiger partial charge >= 0.3 is 0 Å². The number of aliphatic imine (C=N–C) groups is 1. The molecule has 1 aromatic rings. The summed E-state index contributed by atoms with van der Waals surface area (Å²) in [5, 5.41) is 4.45. The molecule has 2 saturated carbocycles. The molecule has 4 aliphatic rings. The molecule has 0 radical (unpaired) electrons. The number of H-pyrrole nitrogens is 1. The van der Waals surface area contributed by atoms with E-state index in [1.54, 1.807) is 18.0 Å². The van der Waals surface area contributed by atoms with Gasteiger partial charge in [-0.05, 0) is 75.3 Å². The summed E-state index contributed by atoms with van der Waals surface area (Å²) >= 11 is 1.64. The number of carbonyl (C=O) groups is 2. The molecular weight excluding hydrogens is 384 g/mol. The maximum Gasteiger partial charge on any atom is 0.270 e. The number of amides is 2. The van der Waals surface area contributed by atoms with Crippen LogP contribution in [0.25, 0.3) is 0 Å². The number of likely N-dealkylation sites (tertiary alicyclic amines) is 1. The van der Waals surface area contributed by atoms with Gasteiger partial charge in [0.25, 0.3) is 11.8 Å². The number of rotatable bonds is 4. The van der Waals surface area contributed by atoms with E-state index in [9.17, 15) is 9.59 Å². The normalized spacial score (nSPS) is 34.7. The van der Waals surface area contributed by atoms with E-state index in [1.807, 2.05) is 17.0 Å². The number of nitrogens with zero attached hydrogens (tertiary/aromatic N) is 2. The summed E-state index contributed by atoms with van der Waals surface area (Å²) in [5.74, 6) is 2.20. The first kappa shape index (κ1) is 19.2. The van der Waals surface area contributed by atoms with Crippen LogP contribution in [-0.2, 0) is 4.79 Å². The van der Waals surface area contributed by atoms with E-state index in [0.717, 1.165) is 49.4 Å². The molecule has 7 heteroatoms. The van der Waals surface area contributed by atoms with Crippen molar-refractivity contribution in [3.05, 3.63) is 24.0 Å². The second-order valence-corrected chi connectivity index (χ2v) is 11.0. The Morgan fingerprint density at radius 2 is 2.14 bits per heavy atom. The molecule has 3 fully saturated rings. The summed E-state index contributed by atoms with van der Waals surface area (Å²) in [6, 6.07) is 4.19. The summed E-state index contributed by atoms with van der Waals surface area (Å²) in [4.78, 5) is 34.5. The average molecular weight is 415 g/mol. The minimum Gasteiger partial charge on any atom is -0.361 e. The highest BCUT2D eigenvalue weighted by Crippen LogP contribution is 2.46. The largest absolute Gasteiger partial charge is 0.361 e. The number of carbonyl (C=O) groups excluding carboxylic acids is 2. The molecule has 0 aromatic carbocycles. The highest BCUT2D eigenvalue weighted by molar-refractivity contribution is 8.16. The van der Waals surface area contributed by atoms with Crippen molar-refractivity contribution in [3.8, 4) is 0 Å². The lowest BCUT2D eigenvalue weighted by molar-refractivity contribution is -0.119. The molecule has 1 unspecified atom stereocenters. The number of hydrogen-bond donors (Lipinski definition) is 2. The number of fused-ring (bicyclic) bond motifs is 2. The van der Waals surface area contributed by atoms with E-state index in [-0.39, 0.29) is 11.8 Å². The lowest BCUT2D eigenvalue weighted by atomic mass is 9.87. The van der Waals surface area contributed by atoms with Gasteiger partial charge in [-0.15, -0.1) is 0 Å². The Bertz CT molecular complexity index is 815. The van der Waals surface area contributed by atoms with Crippen molar-refractivity contribution in [1.82, 2.24) is 15.2 Å². The second kappa shape index (κ2) is 7.49. The molecule has 0 spiro atoms. The maximum absolute atomic E-state index is 12.7. The first-order chi connectivity index (χ1) is 14.0. The molecule has 2 N–H and O–H groups in total. The van der Waals surface area contributed by atoms with Gasteiger partial charge in [-0.1, -0.05) is 18.2 Å². The summed E-state index contributed by atoms with van der Waals surface area (Å²) in [6.45, 7) is 3.57. The summed E-state index contributed by atoms with van der Waals surface area (Å²) in [6.07, 6.45) is 9.81. The average Bonchev–Trinajstić information content (AvgIpc) is 3.48. The van der Waals surface area contributed by atoms with Crippen LogP contribution >= 0.6 is 11.8 Å². The summed E-state index contributed by atoms with van der Waals surface area (Å²) in [7, 11) is 0. The zero-order valence-corrected chi connectivity index (χ0v) is 17.8. The van der Waals surface area contributed by atoms with Crippen LogP contribution in [0.4, 0.5) is 0 Å². The van der Waals surface area contributed by atoms with E-state index >= 15 is 0 Å². The molecule has 5 rings (SSSR count). The molecule has 2 bridgehead atoms. The van der Waals surface area contributed by atoms with Crippen LogP contribution in [0.3, 0.4) is 0 Å². The topological polar surface area (TPSA) is 77.6 Å². The van der Waals surface area contributed by atoms with Crippen LogP contribution in [-0.4, -0.2) is 50.7 Å². The molecule has 29 heavy (non-hydrogen) atoms. The molecular formula is C22H30N4O2S. The number of nitrogens with one attached hydrogen (secondary N) is 2.